The molecule has 1 fully saturated rings. The maximum Gasteiger partial charge on any atom is 0.147 e. The van der Waals surface area contributed by atoms with Crippen LogP contribution in [-0.4, -0.2) is 5.78 Å². The predicted molar refractivity (Wildman–Crippen MR) is 68.0 cm³/mol. The van der Waals surface area contributed by atoms with Crippen LogP contribution >= 0.6 is 0 Å². The Morgan fingerprint density at radius 3 is 2.19 bits per heavy atom. The summed E-state index contributed by atoms with van der Waals surface area (Å²) in [5.41, 5.74) is 0.400. The average molecular weight is 220 g/mol. The van der Waals surface area contributed by atoms with Crippen LogP contribution in [0.25, 0.3) is 0 Å². The van der Waals surface area contributed by atoms with E-state index >= 15 is 0 Å². The first-order valence-corrected chi connectivity index (χ1v) is 6.37. The monoisotopic (exact) mass is 220 g/mol. The first kappa shape index (κ1) is 13.3. The molecule has 0 spiro atoms. The Morgan fingerprint density at radius 2 is 1.75 bits per heavy atom. The van der Waals surface area contributed by atoms with Gasteiger partial charge in [0.15, 0.2) is 0 Å². The predicted octanol–water partition coefficient (Wildman–Crippen LogP) is 3.82. The molecule has 0 aliphatic heterocycles. The standard InChI is InChI=1S/C15H24O/c1-5-6-7-14(16)12-8-10-13(11-9-12)15(2,3)4/h12-13H,7-11H2,1-4H3. The second-order valence-corrected chi connectivity index (χ2v) is 5.98. The summed E-state index contributed by atoms with van der Waals surface area (Å²) in [6.45, 7) is 8.72. The van der Waals surface area contributed by atoms with E-state index in [0.29, 0.717) is 23.5 Å². The molecule has 0 atom stereocenters. The zero-order valence-corrected chi connectivity index (χ0v) is 11.1. The Balaban J connectivity index is 2.42. The molecular weight excluding hydrogens is 196 g/mol. The minimum atomic E-state index is 0.291. The third-order valence-electron chi connectivity index (χ3n) is 3.85. The molecular formula is C15H24O. The minimum absolute atomic E-state index is 0.291. The van der Waals surface area contributed by atoms with Crippen molar-refractivity contribution in [2.24, 2.45) is 17.3 Å². The van der Waals surface area contributed by atoms with E-state index in [9.17, 15) is 4.79 Å². The zero-order valence-electron chi connectivity index (χ0n) is 11.1. The lowest BCUT2D eigenvalue weighted by molar-refractivity contribution is -0.123. The lowest BCUT2D eigenvalue weighted by Gasteiger charge is -2.36. The van der Waals surface area contributed by atoms with E-state index in [2.05, 4.69) is 32.6 Å². The van der Waals surface area contributed by atoms with Gasteiger partial charge in [0, 0.05) is 5.92 Å². The molecule has 0 amide bonds. The topological polar surface area (TPSA) is 17.1 Å². The van der Waals surface area contributed by atoms with E-state index in [1.165, 1.54) is 12.8 Å². The van der Waals surface area contributed by atoms with Gasteiger partial charge in [-0.1, -0.05) is 26.7 Å². The first-order valence-electron chi connectivity index (χ1n) is 6.37. The molecule has 0 aromatic carbocycles. The Kier molecular flexibility index (Phi) is 4.59. The van der Waals surface area contributed by atoms with Crippen LogP contribution in [-0.2, 0) is 4.79 Å². The highest BCUT2D eigenvalue weighted by Crippen LogP contribution is 2.40. The molecule has 0 bridgehead atoms. The third kappa shape index (κ3) is 3.67. The molecule has 1 heteroatoms. The lowest BCUT2D eigenvalue weighted by atomic mass is 9.69. The van der Waals surface area contributed by atoms with Gasteiger partial charge in [-0.15, -0.1) is 5.92 Å². The van der Waals surface area contributed by atoms with Gasteiger partial charge in [-0.3, -0.25) is 4.79 Å². The van der Waals surface area contributed by atoms with Crippen LogP contribution in [0.15, 0.2) is 0 Å². The van der Waals surface area contributed by atoms with Crippen molar-refractivity contribution in [2.45, 2.75) is 59.8 Å². The molecule has 1 aliphatic rings. The normalized spacial score (nSPS) is 25.8. The van der Waals surface area contributed by atoms with Gasteiger partial charge in [-0.2, -0.15) is 0 Å². The molecule has 0 aromatic heterocycles. The van der Waals surface area contributed by atoms with E-state index in [1.807, 2.05) is 0 Å². The van der Waals surface area contributed by atoms with Crippen molar-refractivity contribution >= 4 is 5.78 Å². The van der Waals surface area contributed by atoms with Crippen molar-refractivity contribution in [1.82, 2.24) is 0 Å². The van der Waals surface area contributed by atoms with Crippen LogP contribution in [0.1, 0.15) is 59.8 Å². The van der Waals surface area contributed by atoms with E-state index in [0.717, 1.165) is 18.8 Å². The van der Waals surface area contributed by atoms with E-state index in [4.69, 9.17) is 0 Å². The fraction of sp³-hybridized carbons (Fsp3) is 0.800. The number of carbonyl (C=O) groups excluding carboxylic acids is 1. The molecule has 1 rings (SSSR count). The average Bonchev–Trinajstić information content (AvgIpc) is 2.25. The SMILES string of the molecule is CC#CCC(=O)C1CCC(C(C)(C)C)CC1. The number of Topliss-reactive ketones (excluding diaryl/α,β-unsaturated/α-hetero) is 1. The molecule has 1 nitrogen and oxygen atoms in total. The smallest absolute Gasteiger partial charge is 0.147 e. The fourth-order valence-electron chi connectivity index (χ4n) is 2.60. The van der Waals surface area contributed by atoms with Crippen LogP contribution in [0, 0.1) is 29.1 Å². The van der Waals surface area contributed by atoms with Gasteiger partial charge >= 0.3 is 0 Å². The van der Waals surface area contributed by atoms with Gasteiger partial charge in [0.05, 0.1) is 6.42 Å². The van der Waals surface area contributed by atoms with Crippen molar-refractivity contribution in [3.63, 3.8) is 0 Å². The quantitative estimate of drug-likeness (QED) is 0.646. The van der Waals surface area contributed by atoms with Gasteiger partial charge in [0.1, 0.15) is 5.78 Å². The highest BCUT2D eigenvalue weighted by Gasteiger charge is 2.31. The largest absolute Gasteiger partial charge is 0.298 e. The molecule has 0 radical (unpaired) electrons. The van der Waals surface area contributed by atoms with Gasteiger partial charge < -0.3 is 0 Å². The number of rotatable bonds is 2. The van der Waals surface area contributed by atoms with Crippen LogP contribution in [0.4, 0.5) is 0 Å². The summed E-state index contributed by atoms with van der Waals surface area (Å²) < 4.78 is 0. The van der Waals surface area contributed by atoms with E-state index < -0.39 is 0 Å². The van der Waals surface area contributed by atoms with Crippen molar-refractivity contribution < 1.29 is 4.79 Å². The summed E-state index contributed by atoms with van der Waals surface area (Å²) >= 11 is 0. The molecule has 0 aromatic rings. The van der Waals surface area contributed by atoms with Crippen molar-refractivity contribution in [3.8, 4) is 11.8 Å². The van der Waals surface area contributed by atoms with Gasteiger partial charge in [0.25, 0.3) is 0 Å². The minimum Gasteiger partial charge on any atom is -0.298 e. The van der Waals surface area contributed by atoms with Crippen LogP contribution in [0.5, 0.6) is 0 Å². The Labute approximate surface area is 100 Å². The lowest BCUT2D eigenvalue weighted by Crippen LogP contribution is -2.28. The maximum atomic E-state index is 11.8. The van der Waals surface area contributed by atoms with Gasteiger partial charge in [-0.05, 0) is 43.9 Å². The summed E-state index contributed by atoms with van der Waals surface area (Å²) in [6, 6.07) is 0. The summed E-state index contributed by atoms with van der Waals surface area (Å²) in [5, 5.41) is 0. The second kappa shape index (κ2) is 5.53. The molecule has 1 aliphatic carbocycles. The summed E-state index contributed by atoms with van der Waals surface area (Å²) in [7, 11) is 0. The van der Waals surface area contributed by atoms with Crippen molar-refractivity contribution in [1.29, 1.82) is 0 Å². The molecule has 0 unspecified atom stereocenters. The van der Waals surface area contributed by atoms with E-state index in [1.54, 1.807) is 6.92 Å². The Morgan fingerprint density at radius 1 is 1.19 bits per heavy atom. The molecule has 0 saturated heterocycles. The number of hydrogen-bond acceptors (Lipinski definition) is 1. The highest BCUT2D eigenvalue weighted by atomic mass is 16.1. The number of hydrogen-bond donors (Lipinski definition) is 0. The second-order valence-electron chi connectivity index (χ2n) is 5.98. The van der Waals surface area contributed by atoms with Gasteiger partial charge in [-0.25, -0.2) is 0 Å². The van der Waals surface area contributed by atoms with Crippen LogP contribution in [0.2, 0.25) is 0 Å². The van der Waals surface area contributed by atoms with Crippen molar-refractivity contribution in [2.75, 3.05) is 0 Å². The van der Waals surface area contributed by atoms with Crippen LogP contribution in [0.3, 0.4) is 0 Å². The van der Waals surface area contributed by atoms with E-state index in [-0.39, 0.29) is 0 Å². The molecule has 0 heterocycles. The number of ketones is 1. The summed E-state index contributed by atoms with van der Waals surface area (Å²) in [6.07, 6.45) is 5.03. The first-order chi connectivity index (χ1) is 7.45. The Bertz CT molecular complexity index is 290. The summed E-state index contributed by atoms with van der Waals surface area (Å²) in [5.74, 6) is 7.13. The van der Waals surface area contributed by atoms with Gasteiger partial charge in [0.2, 0.25) is 0 Å². The molecule has 1 saturated carbocycles. The fourth-order valence-corrected chi connectivity index (χ4v) is 2.60. The van der Waals surface area contributed by atoms with Crippen molar-refractivity contribution in [3.05, 3.63) is 0 Å². The third-order valence-corrected chi connectivity index (χ3v) is 3.85. The molecule has 16 heavy (non-hydrogen) atoms. The Hall–Kier alpha value is -0.770. The zero-order chi connectivity index (χ0) is 12.2. The molecule has 90 valence electrons. The highest BCUT2D eigenvalue weighted by molar-refractivity contribution is 5.83. The molecule has 0 N–H and O–H groups in total. The summed E-state index contributed by atoms with van der Waals surface area (Å²) in [4.78, 5) is 11.8. The maximum absolute atomic E-state index is 11.8. The van der Waals surface area contributed by atoms with Crippen LogP contribution < -0.4 is 0 Å². The number of carbonyl (C=O) groups is 1.